The number of carbonyl (C=O) groups is 1. The van der Waals surface area contributed by atoms with Crippen LogP contribution in [0.3, 0.4) is 0 Å². The van der Waals surface area contributed by atoms with Gasteiger partial charge >= 0.3 is 6.18 Å². The number of aromatic hydroxyl groups is 1. The van der Waals surface area contributed by atoms with E-state index in [0.29, 0.717) is 17.5 Å². The molecular formula is C20H23F3N2O3. The average molecular weight is 396 g/mol. The molecule has 1 saturated carbocycles. The number of alkyl halides is 3. The Kier molecular flexibility index (Phi) is 5.96. The Morgan fingerprint density at radius 1 is 1.29 bits per heavy atom. The van der Waals surface area contributed by atoms with Crippen molar-refractivity contribution >= 4 is 6.29 Å². The van der Waals surface area contributed by atoms with Gasteiger partial charge in [0.05, 0.1) is 12.2 Å². The number of benzene rings is 1. The predicted molar refractivity (Wildman–Crippen MR) is 96.7 cm³/mol. The first kappa shape index (κ1) is 20.2. The third-order valence-corrected chi connectivity index (χ3v) is 5.32. The fourth-order valence-electron chi connectivity index (χ4n) is 3.89. The molecule has 2 unspecified atom stereocenters. The minimum Gasteiger partial charge on any atom is -0.507 e. The minimum absolute atomic E-state index is 0.000353. The van der Waals surface area contributed by atoms with E-state index in [1.807, 2.05) is 0 Å². The molecule has 3 rings (SSSR count). The number of nitrogens with zero attached hydrogens (tertiary/aromatic N) is 2. The second-order valence-electron chi connectivity index (χ2n) is 7.25. The van der Waals surface area contributed by atoms with Crippen molar-refractivity contribution in [1.29, 1.82) is 0 Å². The summed E-state index contributed by atoms with van der Waals surface area (Å²) in [6.07, 6.45) is 1.10. The fraction of sp³-hybridized carbons (Fsp3) is 0.500. The molecule has 8 heteroatoms. The number of aromatic nitrogens is 2. The summed E-state index contributed by atoms with van der Waals surface area (Å²) >= 11 is 0. The number of carbonyl (C=O) groups excluding carboxylic acids is 1. The molecule has 1 N–H and O–H groups in total. The van der Waals surface area contributed by atoms with Crippen LogP contribution in [0.2, 0.25) is 0 Å². The Balaban J connectivity index is 1.78. The second kappa shape index (κ2) is 8.24. The maximum absolute atomic E-state index is 12.8. The Morgan fingerprint density at radius 3 is 2.75 bits per heavy atom. The summed E-state index contributed by atoms with van der Waals surface area (Å²) in [6, 6.07) is 4.93. The highest BCUT2D eigenvalue weighted by molar-refractivity contribution is 5.84. The van der Waals surface area contributed by atoms with Gasteiger partial charge in [0.15, 0.2) is 6.29 Å². The van der Waals surface area contributed by atoms with Crippen molar-refractivity contribution < 1.29 is 27.8 Å². The van der Waals surface area contributed by atoms with E-state index in [0.717, 1.165) is 30.4 Å². The Labute approximate surface area is 161 Å². The highest BCUT2D eigenvalue weighted by Crippen LogP contribution is 2.39. The molecule has 1 aromatic carbocycles. The molecule has 2 atom stereocenters. The van der Waals surface area contributed by atoms with Crippen LogP contribution in [0, 0.1) is 12.8 Å². The van der Waals surface area contributed by atoms with E-state index in [4.69, 9.17) is 4.74 Å². The van der Waals surface area contributed by atoms with Gasteiger partial charge in [0.1, 0.15) is 18.0 Å². The monoisotopic (exact) mass is 396 g/mol. The zero-order valence-corrected chi connectivity index (χ0v) is 15.6. The van der Waals surface area contributed by atoms with Gasteiger partial charge < -0.3 is 9.84 Å². The number of ether oxygens (including phenoxy) is 1. The molecule has 1 aliphatic carbocycles. The number of hydrogen-bond donors (Lipinski definition) is 1. The normalized spacial score (nSPS) is 20.1. The predicted octanol–water partition coefficient (Wildman–Crippen LogP) is 4.62. The molecule has 152 valence electrons. The van der Waals surface area contributed by atoms with Crippen LogP contribution in [-0.4, -0.2) is 34.0 Å². The van der Waals surface area contributed by atoms with Gasteiger partial charge in [0.2, 0.25) is 0 Å². The zero-order chi connectivity index (χ0) is 20.3. The third kappa shape index (κ3) is 4.48. The summed E-state index contributed by atoms with van der Waals surface area (Å²) in [5.41, 5.74) is 1.23. The lowest BCUT2D eigenvalue weighted by atomic mass is 9.78. The summed E-state index contributed by atoms with van der Waals surface area (Å²) in [5, 5.41) is 13.9. The maximum atomic E-state index is 12.8. The lowest BCUT2D eigenvalue weighted by molar-refractivity contribution is -0.143. The standard InChI is InChI=1S/C20H23F3N2O3/c1-13-6-7-18(16(10-26)19(13)27)28-11-14-4-2-3-5-15(14)17-8-9-24-25(17)12-20(21,22)23/h6-10,14-15,27H,2-5,11-12H2,1H3. The molecule has 0 spiro atoms. The van der Waals surface area contributed by atoms with Crippen LogP contribution in [0.5, 0.6) is 11.5 Å². The van der Waals surface area contributed by atoms with E-state index in [2.05, 4.69) is 5.10 Å². The average Bonchev–Trinajstić information content (AvgIpc) is 3.09. The van der Waals surface area contributed by atoms with Crippen LogP contribution in [0.25, 0.3) is 0 Å². The van der Waals surface area contributed by atoms with Crippen molar-refractivity contribution in [2.75, 3.05) is 6.61 Å². The van der Waals surface area contributed by atoms with E-state index in [-0.39, 0.29) is 35.5 Å². The summed E-state index contributed by atoms with van der Waals surface area (Å²) in [6.45, 7) is 0.830. The summed E-state index contributed by atoms with van der Waals surface area (Å²) in [7, 11) is 0. The molecule has 1 aromatic heterocycles. The van der Waals surface area contributed by atoms with Gasteiger partial charge in [-0.25, -0.2) is 0 Å². The molecule has 5 nitrogen and oxygen atoms in total. The van der Waals surface area contributed by atoms with Gasteiger partial charge in [0.25, 0.3) is 0 Å². The first-order valence-corrected chi connectivity index (χ1v) is 9.29. The van der Waals surface area contributed by atoms with Gasteiger partial charge in [-0.05, 0) is 37.5 Å². The number of aldehydes is 1. The number of rotatable bonds is 6. The molecule has 0 saturated heterocycles. The molecule has 0 aliphatic heterocycles. The van der Waals surface area contributed by atoms with E-state index < -0.39 is 12.7 Å². The van der Waals surface area contributed by atoms with Crippen LogP contribution < -0.4 is 4.74 Å². The largest absolute Gasteiger partial charge is 0.507 e. The summed E-state index contributed by atoms with van der Waals surface area (Å²) in [4.78, 5) is 11.3. The van der Waals surface area contributed by atoms with Crippen molar-refractivity contribution in [1.82, 2.24) is 9.78 Å². The van der Waals surface area contributed by atoms with Gasteiger partial charge in [-0.15, -0.1) is 0 Å². The second-order valence-corrected chi connectivity index (χ2v) is 7.25. The first-order valence-electron chi connectivity index (χ1n) is 9.29. The molecule has 1 aliphatic rings. The SMILES string of the molecule is Cc1ccc(OCC2CCCCC2c2ccnn2CC(F)(F)F)c(C=O)c1O. The smallest absolute Gasteiger partial charge is 0.408 e. The molecule has 28 heavy (non-hydrogen) atoms. The fourth-order valence-corrected chi connectivity index (χ4v) is 3.89. The highest BCUT2D eigenvalue weighted by Gasteiger charge is 2.34. The van der Waals surface area contributed by atoms with Crippen LogP contribution in [0.15, 0.2) is 24.4 Å². The lowest BCUT2D eigenvalue weighted by Gasteiger charge is -2.32. The van der Waals surface area contributed by atoms with E-state index in [1.54, 1.807) is 25.1 Å². The topological polar surface area (TPSA) is 64.4 Å². The Hall–Kier alpha value is -2.51. The van der Waals surface area contributed by atoms with Gasteiger partial charge in [0, 0.05) is 23.7 Å². The number of halogens is 3. The van der Waals surface area contributed by atoms with Gasteiger partial charge in [-0.2, -0.15) is 18.3 Å². The molecule has 0 radical (unpaired) electrons. The van der Waals surface area contributed by atoms with Crippen LogP contribution in [-0.2, 0) is 6.54 Å². The van der Waals surface area contributed by atoms with Gasteiger partial charge in [-0.1, -0.05) is 18.9 Å². The molecule has 2 aromatic rings. The van der Waals surface area contributed by atoms with Crippen molar-refractivity contribution in [3.05, 3.63) is 41.2 Å². The van der Waals surface area contributed by atoms with E-state index >= 15 is 0 Å². The molecule has 1 fully saturated rings. The highest BCUT2D eigenvalue weighted by atomic mass is 19.4. The quantitative estimate of drug-likeness (QED) is 0.724. The van der Waals surface area contributed by atoms with Crippen molar-refractivity contribution in [3.63, 3.8) is 0 Å². The number of phenols is 1. The van der Waals surface area contributed by atoms with Crippen LogP contribution in [0.4, 0.5) is 13.2 Å². The molecule has 0 amide bonds. The number of aryl methyl sites for hydroxylation is 1. The van der Waals surface area contributed by atoms with Crippen molar-refractivity contribution in [2.45, 2.75) is 51.2 Å². The van der Waals surface area contributed by atoms with Gasteiger partial charge in [-0.3, -0.25) is 9.48 Å². The van der Waals surface area contributed by atoms with Crippen molar-refractivity contribution in [3.8, 4) is 11.5 Å². The van der Waals surface area contributed by atoms with Crippen molar-refractivity contribution in [2.24, 2.45) is 5.92 Å². The maximum Gasteiger partial charge on any atom is 0.408 e. The van der Waals surface area contributed by atoms with Crippen LogP contribution >= 0.6 is 0 Å². The summed E-state index contributed by atoms with van der Waals surface area (Å²) in [5.74, 6) is 0.0693. The minimum atomic E-state index is -4.33. The Bertz CT molecular complexity index is 833. The third-order valence-electron chi connectivity index (χ3n) is 5.32. The first-order chi connectivity index (χ1) is 13.3. The molecular weight excluding hydrogens is 373 g/mol. The number of hydrogen-bond acceptors (Lipinski definition) is 4. The number of phenolic OH excluding ortho intramolecular Hbond substituents is 1. The van der Waals surface area contributed by atoms with Crippen LogP contribution in [0.1, 0.15) is 53.2 Å². The zero-order valence-electron chi connectivity index (χ0n) is 15.6. The molecule has 0 bridgehead atoms. The van der Waals surface area contributed by atoms with E-state index in [9.17, 15) is 23.1 Å². The summed E-state index contributed by atoms with van der Waals surface area (Å²) < 4.78 is 45.4. The molecule has 1 heterocycles. The lowest BCUT2D eigenvalue weighted by Crippen LogP contribution is -2.28. The Morgan fingerprint density at radius 2 is 2.04 bits per heavy atom. The van der Waals surface area contributed by atoms with E-state index in [1.165, 1.54) is 6.20 Å².